The Morgan fingerprint density at radius 3 is 2.30 bits per heavy atom. The van der Waals surface area contributed by atoms with E-state index in [1.165, 1.54) is 5.56 Å². The number of aryl methyl sites for hydroxylation is 1. The number of aromatic carboxylic acids is 1. The van der Waals surface area contributed by atoms with E-state index < -0.39 is 5.97 Å². The van der Waals surface area contributed by atoms with Crippen molar-refractivity contribution in [3.8, 4) is 0 Å². The molecule has 108 valence electrons. The summed E-state index contributed by atoms with van der Waals surface area (Å²) in [4.78, 5) is 14.9. The minimum Gasteiger partial charge on any atom is -0.478 e. The fourth-order valence-corrected chi connectivity index (χ4v) is 2.91. The van der Waals surface area contributed by atoms with Gasteiger partial charge in [-0.1, -0.05) is 34.6 Å². The van der Waals surface area contributed by atoms with Crippen LogP contribution in [0, 0.1) is 6.92 Å². The van der Waals surface area contributed by atoms with E-state index in [-0.39, 0.29) is 5.41 Å². The third kappa shape index (κ3) is 2.33. The van der Waals surface area contributed by atoms with Gasteiger partial charge in [0.25, 0.3) is 0 Å². The van der Waals surface area contributed by atoms with Crippen LogP contribution in [0.25, 0.3) is 10.9 Å². The highest BCUT2D eigenvalue weighted by Gasteiger charge is 2.23. The lowest BCUT2D eigenvalue weighted by atomic mass is 9.84. The second-order valence-electron chi connectivity index (χ2n) is 6.82. The molecular formula is C17H23NO2. The number of hydrogen-bond acceptors (Lipinski definition) is 1. The monoisotopic (exact) mass is 273 g/mol. The molecule has 0 aliphatic rings. The molecule has 2 N–H and O–H groups in total. The number of aromatic amines is 1. The first-order valence-electron chi connectivity index (χ1n) is 7.03. The van der Waals surface area contributed by atoms with Crippen LogP contribution in [0.4, 0.5) is 0 Å². The topological polar surface area (TPSA) is 53.1 Å². The van der Waals surface area contributed by atoms with E-state index in [1.807, 2.05) is 0 Å². The van der Waals surface area contributed by atoms with Crippen molar-refractivity contribution < 1.29 is 9.90 Å². The number of benzene rings is 1. The summed E-state index contributed by atoms with van der Waals surface area (Å²) in [5.41, 5.74) is 4.74. The molecule has 0 saturated heterocycles. The largest absolute Gasteiger partial charge is 0.478 e. The van der Waals surface area contributed by atoms with Crippen LogP contribution >= 0.6 is 0 Å². The van der Waals surface area contributed by atoms with E-state index in [1.54, 1.807) is 12.1 Å². The van der Waals surface area contributed by atoms with Gasteiger partial charge in [-0.2, -0.15) is 0 Å². The van der Waals surface area contributed by atoms with Crippen LogP contribution in [0.3, 0.4) is 0 Å². The molecule has 0 fully saturated rings. The number of carboxylic acid groups (broad SMARTS) is 1. The van der Waals surface area contributed by atoms with Gasteiger partial charge in [0.2, 0.25) is 0 Å². The predicted molar refractivity (Wildman–Crippen MR) is 82.8 cm³/mol. The summed E-state index contributed by atoms with van der Waals surface area (Å²) >= 11 is 0. The Balaban J connectivity index is 2.92. The van der Waals surface area contributed by atoms with Crippen LogP contribution in [0.5, 0.6) is 0 Å². The molecule has 0 unspecified atom stereocenters. The van der Waals surface area contributed by atoms with Crippen molar-refractivity contribution in [1.82, 2.24) is 4.98 Å². The van der Waals surface area contributed by atoms with Crippen molar-refractivity contribution in [2.24, 2.45) is 0 Å². The highest BCUT2D eigenvalue weighted by molar-refractivity contribution is 5.97. The molecule has 0 spiro atoms. The first-order chi connectivity index (χ1) is 9.12. The maximum atomic E-state index is 11.4. The molecule has 0 saturated carbocycles. The van der Waals surface area contributed by atoms with Gasteiger partial charge in [-0.05, 0) is 41.5 Å². The normalized spacial score (nSPS) is 12.3. The van der Waals surface area contributed by atoms with Crippen LogP contribution in [0.15, 0.2) is 12.1 Å². The standard InChI is InChI=1S/C17H23NO2/c1-9(2)14-10(3)18-15-12(14)7-11(16(19)20)8-13(15)17(4,5)6/h7-9,18H,1-6H3,(H,19,20). The average molecular weight is 273 g/mol. The van der Waals surface area contributed by atoms with Gasteiger partial charge in [0.05, 0.1) is 5.56 Å². The molecule has 0 atom stereocenters. The highest BCUT2D eigenvalue weighted by Crippen LogP contribution is 2.36. The average Bonchev–Trinajstić information content (AvgIpc) is 2.61. The number of fused-ring (bicyclic) bond motifs is 1. The van der Waals surface area contributed by atoms with E-state index in [0.29, 0.717) is 11.5 Å². The Labute approximate surface area is 120 Å². The van der Waals surface area contributed by atoms with E-state index in [2.05, 4.69) is 46.5 Å². The molecule has 0 aliphatic carbocycles. The SMILES string of the molecule is Cc1[nH]c2c(C(C)(C)C)cc(C(=O)O)cc2c1C(C)C. The molecule has 20 heavy (non-hydrogen) atoms. The molecule has 1 heterocycles. The number of H-pyrrole nitrogens is 1. The van der Waals surface area contributed by atoms with Gasteiger partial charge in [0, 0.05) is 16.6 Å². The van der Waals surface area contributed by atoms with Gasteiger partial charge in [0.1, 0.15) is 0 Å². The lowest BCUT2D eigenvalue weighted by Crippen LogP contribution is -2.13. The minimum absolute atomic E-state index is 0.102. The predicted octanol–water partition coefficient (Wildman–Crippen LogP) is 4.60. The van der Waals surface area contributed by atoms with E-state index in [9.17, 15) is 9.90 Å². The summed E-state index contributed by atoms with van der Waals surface area (Å²) in [5.74, 6) is -0.508. The second kappa shape index (κ2) is 4.65. The van der Waals surface area contributed by atoms with E-state index in [4.69, 9.17) is 0 Å². The lowest BCUT2D eigenvalue weighted by Gasteiger charge is -2.21. The Morgan fingerprint density at radius 2 is 1.85 bits per heavy atom. The molecule has 3 nitrogen and oxygen atoms in total. The molecule has 0 aliphatic heterocycles. The Hall–Kier alpha value is -1.77. The third-order valence-corrected chi connectivity index (χ3v) is 3.78. The molecule has 0 bridgehead atoms. The molecule has 2 aromatic rings. The van der Waals surface area contributed by atoms with Crippen LogP contribution < -0.4 is 0 Å². The van der Waals surface area contributed by atoms with Gasteiger partial charge in [-0.25, -0.2) is 4.79 Å². The van der Waals surface area contributed by atoms with Crippen LogP contribution in [-0.4, -0.2) is 16.1 Å². The summed E-state index contributed by atoms with van der Waals surface area (Å²) in [6.07, 6.45) is 0. The molecule has 1 aromatic heterocycles. The van der Waals surface area contributed by atoms with Gasteiger partial charge in [0.15, 0.2) is 0 Å². The Morgan fingerprint density at radius 1 is 1.25 bits per heavy atom. The van der Waals surface area contributed by atoms with Crippen molar-refractivity contribution in [1.29, 1.82) is 0 Å². The molecular weight excluding hydrogens is 250 g/mol. The number of carboxylic acids is 1. The van der Waals surface area contributed by atoms with Crippen LogP contribution in [0.1, 0.15) is 67.7 Å². The smallest absolute Gasteiger partial charge is 0.335 e. The van der Waals surface area contributed by atoms with Gasteiger partial charge in [-0.3, -0.25) is 0 Å². The number of carbonyl (C=O) groups is 1. The maximum Gasteiger partial charge on any atom is 0.335 e. The highest BCUT2D eigenvalue weighted by atomic mass is 16.4. The molecule has 0 amide bonds. The van der Waals surface area contributed by atoms with Crippen LogP contribution in [-0.2, 0) is 5.41 Å². The summed E-state index contributed by atoms with van der Waals surface area (Å²) < 4.78 is 0. The van der Waals surface area contributed by atoms with Crippen LogP contribution in [0.2, 0.25) is 0 Å². The van der Waals surface area contributed by atoms with Crippen molar-refractivity contribution in [3.63, 3.8) is 0 Å². The number of aromatic nitrogens is 1. The zero-order chi connectivity index (χ0) is 15.2. The zero-order valence-corrected chi connectivity index (χ0v) is 13.1. The van der Waals surface area contributed by atoms with Crippen molar-refractivity contribution in [2.45, 2.75) is 52.9 Å². The summed E-state index contributed by atoms with van der Waals surface area (Å²) in [6, 6.07) is 3.59. The van der Waals surface area contributed by atoms with E-state index in [0.717, 1.165) is 22.2 Å². The first-order valence-corrected chi connectivity index (χ1v) is 7.03. The Kier molecular flexibility index (Phi) is 3.41. The Bertz CT molecular complexity index is 672. The molecule has 1 aromatic carbocycles. The maximum absolute atomic E-state index is 11.4. The second-order valence-corrected chi connectivity index (χ2v) is 6.82. The van der Waals surface area contributed by atoms with Crippen molar-refractivity contribution >= 4 is 16.9 Å². The fourth-order valence-electron chi connectivity index (χ4n) is 2.91. The molecule has 3 heteroatoms. The molecule has 2 rings (SSSR count). The first kappa shape index (κ1) is 14.6. The third-order valence-electron chi connectivity index (χ3n) is 3.78. The zero-order valence-electron chi connectivity index (χ0n) is 13.1. The number of rotatable bonds is 2. The number of hydrogen-bond donors (Lipinski definition) is 2. The number of nitrogens with one attached hydrogen (secondary N) is 1. The summed E-state index contributed by atoms with van der Waals surface area (Å²) in [7, 11) is 0. The summed E-state index contributed by atoms with van der Waals surface area (Å²) in [6.45, 7) is 12.7. The van der Waals surface area contributed by atoms with Gasteiger partial charge >= 0.3 is 5.97 Å². The molecule has 0 radical (unpaired) electrons. The van der Waals surface area contributed by atoms with Crippen molar-refractivity contribution in [3.05, 3.63) is 34.5 Å². The van der Waals surface area contributed by atoms with Crippen molar-refractivity contribution in [2.75, 3.05) is 0 Å². The summed E-state index contributed by atoms with van der Waals surface area (Å²) in [5, 5.41) is 10.4. The quantitative estimate of drug-likeness (QED) is 0.840. The van der Waals surface area contributed by atoms with Gasteiger partial charge < -0.3 is 10.1 Å². The fraction of sp³-hybridized carbons (Fsp3) is 0.471. The van der Waals surface area contributed by atoms with E-state index >= 15 is 0 Å². The minimum atomic E-state index is -0.869. The lowest BCUT2D eigenvalue weighted by molar-refractivity contribution is 0.0697. The van der Waals surface area contributed by atoms with Gasteiger partial charge in [-0.15, -0.1) is 0 Å².